The number of hydrogen-bond acceptors (Lipinski definition) is 3. The van der Waals surface area contributed by atoms with Crippen LogP contribution < -0.4 is 10.0 Å². The van der Waals surface area contributed by atoms with E-state index >= 15 is 0 Å². The van der Waals surface area contributed by atoms with E-state index in [-0.39, 0.29) is 16.8 Å². The maximum atomic E-state index is 12.6. The molecule has 0 bridgehead atoms. The van der Waals surface area contributed by atoms with Gasteiger partial charge in [-0.05, 0) is 48.6 Å². The molecule has 6 heteroatoms. The molecule has 0 aliphatic rings. The molecule has 2 rings (SSSR count). The van der Waals surface area contributed by atoms with E-state index < -0.39 is 10.0 Å². The van der Waals surface area contributed by atoms with Gasteiger partial charge in [0.25, 0.3) is 5.91 Å². The van der Waals surface area contributed by atoms with Crippen molar-refractivity contribution in [3.63, 3.8) is 0 Å². The molecule has 0 saturated heterocycles. The first-order valence-corrected chi connectivity index (χ1v) is 10.7. The first kappa shape index (κ1) is 21.1. The van der Waals surface area contributed by atoms with Gasteiger partial charge < -0.3 is 5.32 Å². The molecule has 0 aliphatic heterocycles. The fourth-order valence-corrected chi connectivity index (χ4v) is 3.94. The van der Waals surface area contributed by atoms with Gasteiger partial charge in [0.1, 0.15) is 0 Å². The molecule has 2 aromatic rings. The Kier molecular flexibility index (Phi) is 7.16. The Morgan fingerprint density at radius 2 is 1.70 bits per heavy atom. The van der Waals surface area contributed by atoms with Crippen molar-refractivity contribution in [2.45, 2.75) is 45.1 Å². The quantitative estimate of drug-likeness (QED) is 0.724. The number of carbonyl (C=O) groups excluding carboxylic acids is 1. The van der Waals surface area contributed by atoms with Crippen molar-refractivity contribution in [2.24, 2.45) is 5.92 Å². The van der Waals surface area contributed by atoms with Crippen LogP contribution in [0.5, 0.6) is 0 Å². The predicted octanol–water partition coefficient (Wildman–Crippen LogP) is 3.67. The average molecular weight is 389 g/mol. The monoisotopic (exact) mass is 388 g/mol. The maximum Gasteiger partial charge on any atom is 0.251 e. The van der Waals surface area contributed by atoms with Crippen LogP contribution in [0.25, 0.3) is 0 Å². The third-order valence-electron chi connectivity index (χ3n) is 4.21. The van der Waals surface area contributed by atoms with Crippen LogP contribution in [0.15, 0.2) is 53.4 Å². The molecule has 0 aliphatic carbocycles. The van der Waals surface area contributed by atoms with E-state index in [2.05, 4.69) is 36.0 Å². The van der Waals surface area contributed by atoms with Gasteiger partial charge in [-0.15, -0.1) is 0 Å². The van der Waals surface area contributed by atoms with Crippen molar-refractivity contribution in [1.82, 2.24) is 10.0 Å². The molecule has 1 unspecified atom stereocenters. The molecule has 0 saturated carbocycles. The summed E-state index contributed by atoms with van der Waals surface area (Å²) in [5.74, 6) is 0.293. The number of benzene rings is 2. The highest BCUT2D eigenvalue weighted by atomic mass is 32.2. The van der Waals surface area contributed by atoms with Crippen molar-refractivity contribution in [3.05, 3.63) is 65.2 Å². The molecule has 2 N–H and O–H groups in total. The lowest BCUT2D eigenvalue weighted by molar-refractivity contribution is 0.0939. The van der Waals surface area contributed by atoms with Crippen molar-refractivity contribution in [2.75, 3.05) is 6.54 Å². The molecular formula is C21H28N2O3S. The first-order chi connectivity index (χ1) is 12.7. The van der Waals surface area contributed by atoms with Gasteiger partial charge in [-0.2, -0.15) is 0 Å². The molecule has 146 valence electrons. The summed E-state index contributed by atoms with van der Waals surface area (Å²) in [6.45, 7) is 8.28. The van der Waals surface area contributed by atoms with Gasteiger partial charge in [0.2, 0.25) is 10.0 Å². The van der Waals surface area contributed by atoms with Gasteiger partial charge in [0.15, 0.2) is 0 Å². The number of rotatable bonds is 8. The highest BCUT2D eigenvalue weighted by Gasteiger charge is 2.16. The summed E-state index contributed by atoms with van der Waals surface area (Å²) in [5, 5.41) is 2.93. The topological polar surface area (TPSA) is 75.3 Å². The van der Waals surface area contributed by atoms with Gasteiger partial charge in [0, 0.05) is 12.1 Å². The summed E-state index contributed by atoms with van der Waals surface area (Å²) in [6, 6.07) is 14.1. The van der Waals surface area contributed by atoms with Crippen LogP contribution in [-0.4, -0.2) is 20.9 Å². The maximum absolute atomic E-state index is 12.6. The van der Waals surface area contributed by atoms with Crippen LogP contribution in [0.3, 0.4) is 0 Å². The van der Waals surface area contributed by atoms with Crippen LogP contribution >= 0.6 is 0 Å². The lowest BCUT2D eigenvalue weighted by Gasteiger charge is -2.16. The molecule has 27 heavy (non-hydrogen) atoms. The van der Waals surface area contributed by atoms with Crippen LogP contribution in [-0.2, 0) is 16.4 Å². The van der Waals surface area contributed by atoms with E-state index in [0.717, 1.165) is 12.0 Å². The van der Waals surface area contributed by atoms with Gasteiger partial charge in [-0.25, -0.2) is 13.1 Å². The lowest BCUT2D eigenvalue weighted by Crippen LogP contribution is -2.27. The van der Waals surface area contributed by atoms with E-state index in [9.17, 15) is 13.2 Å². The fourth-order valence-electron chi connectivity index (χ4n) is 2.85. The van der Waals surface area contributed by atoms with E-state index in [0.29, 0.717) is 18.0 Å². The second kappa shape index (κ2) is 9.15. The molecule has 0 spiro atoms. The van der Waals surface area contributed by atoms with Crippen molar-refractivity contribution >= 4 is 15.9 Å². The molecule has 1 atom stereocenters. The Balaban J connectivity index is 2.10. The lowest BCUT2D eigenvalue weighted by atomic mass is 10.00. The van der Waals surface area contributed by atoms with Crippen LogP contribution in [0.2, 0.25) is 0 Å². The molecule has 5 nitrogen and oxygen atoms in total. The fraction of sp³-hybridized carbons (Fsp3) is 0.381. The SMILES string of the molecule is CCNS(=O)(=O)c1cccc(C(=O)NC(C)c2ccc(CC(C)C)cc2)c1. The minimum Gasteiger partial charge on any atom is -0.346 e. The van der Waals surface area contributed by atoms with E-state index in [4.69, 9.17) is 0 Å². The van der Waals surface area contributed by atoms with Crippen LogP contribution in [0.1, 0.15) is 55.2 Å². The summed E-state index contributed by atoms with van der Waals surface area (Å²) in [7, 11) is -3.59. The highest BCUT2D eigenvalue weighted by molar-refractivity contribution is 7.89. The van der Waals surface area contributed by atoms with E-state index in [1.807, 2.05) is 19.1 Å². The van der Waals surface area contributed by atoms with Crippen molar-refractivity contribution in [1.29, 1.82) is 0 Å². The number of amides is 1. The number of nitrogens with one attached hydrogen (secondary N) is 2. The largest absolute Gasteiger partial charge is 0.346 e. The Bertz CT molecular complexity index is 875. The second-order valence-electron chi connectivity index (χ2n) is 7.06. The van der Waals surface area contributed by atoms with Gasteiger partial charge >= 0.3 is 0 Å². The summed E-state index contributed by atoms with van der Waals surface area (Å²) in [4.78, 5) is 12.6. The first-order valence-electron chi connectivity index (χ1n) is 9.22. The number of carbonyl (C=O) groups is 1. The van der Waals surface area contributed by atoms with Gasteiger partial charge in [-0.1, -0.05) is 51.1 Å². The van der Waals surface area contributed by atoms with E-state index in [1.165, 1.54) is 17.7 Å². The molecule has 0 heterocycles. The minimum absolute atomic E-state index is 0.0858. The highest BCUT2D eigenvalue weighted by Crippen LogP contribution is 2.17. The molecule has 1 amide bonds. The Labute approximate surface area is 162 Å². The smallest absolute Gasteiger partial charge is 0.251 e. The Morgan fingerprint density at radius 1 is 1.04 bits per heavy atom. The third kappa shape index (κ3) is 5.91. The number of sulfonamides is 1. The Hall–Kier alpha value is -2.18. The van der Waals surface area contributed by atoms with Crippen molar-refractivity contribution in [3.8, 4) is 0 Å². The zero-order chi connectivity index (χ0) is 20.0. The standard InChI is InChI=1S/C21H28N2O3S/c1-5-22-27(25,26)20-8-6-7-19(14-20)21(24)23-16(4)18-11-9-17(10-12-18)13-15(2)3/h6-12,14-16,22H,5,13H2,1-4H3,(H,23,24). The normalized spacial score (nSPS) is 12.8. The zero-order valence-corrected chi connectivity index (χ0v) is 17.1. The van der Waals surface area contributed by atoms with Crippen LogP contribution in [0.4, 0.5) is 0 Å². The minimum atomic E-state index is -3.59. The summed E-state index contributed by atoms with van der Waals surface area (Å²) in [5.41, 5.74) is 2.60. The van der Waals surface area contributed by atoms with Gasteiger partial charge in [0.05, 0.1) is 10.9 Å². The third-order valence-corrected chi connectivity index (χ3v) is 5.76. The molecular weight excluding hydrogens is 360 g/mol. The van der Waals surface area contributed by atoms with E-state index in [1.54, 1.807) is 19.1 Å². The summed E-state index contributed by atoms with van der Waals surface area (Å²) >= 11 is 0. The molecule has 0 fully saturated rings. The molecule has 0 radical (unpaired) electrons. The van der Waals surface area contributed by atoms with Crippen LogP contribution in [0, 0.1) is 5.92 Å². The zero-order valence-electron chi connectivity index (χ0n) is 16.3. The molecule has 2 aromatic carbocycles. The predicted molar refractivity (Wildman–Crippen MR) is 108 cm³/mol. The summed E-state index contributed by atoms with van der Waals surface area (Å²) < 4.78 is 26.7. The number of hydrogen-bond donors (Lipinski definition) is 2. The summed E-state index contributed by atoms with van der Waals surface area (Å²) in [6.07, 6.45) is 1.02. The second-order valence-corrected chi connectivity index (χ2v) is 8.83. The molecule has 0 aromatic heterocycles. The average Bonchev–Trinajstić information content (AvgIpc) is 2.62. The Morgan fingerprint density at radius 3 is 2.30 bits per heavy atom. The van der Waals surface area contributed by atoms with Crippen molar-refractivity contribution < 1.29 is 13.2 Å². The van der Waals surface area contributed by atoms with Gasteiger partial charge in [-0.3, -0.25) is 4.79 Å².